The van der Waals surface area contributed by atoms with Gasteiger partial charge < -0.3 is 15.6 Å². The van der Waals surface area contributed by atoms with Gasteiger partial charge in [0, 0.05) is 17.7 Å². The summed E-state index contributed by atoms with van der Waals surface area (Å²) in [6.07, 6.45) is 0. The van der Waals surface area contributed by atoms with E-state index in [9.17, 15) is 24.8 Å². The maximum absolute atomic E-state index is 12.6. The molecule has 0 aliphatic rings. The highest BCUT2D eigenvalue weighted by Gasteiger charge is 2.18. The van der Waals surface area contributed by atoms with Gasteiger partial charge in [-0.3, -0.25) is 20.0 Å². The Morgan fingerprint density at radius 1 is 1.10 bits per heavy atom. The minimum absolute atomic E-state index is 0.0343. The molecule has 3 N–H and O–H groups in total. The van der Waals surface area contributed by atoms with Gasteiger partial charge in [-0.2, -0.15) is 9.80 Å². The van der Waals surface area contributed by atoms with E-state index in [0.717, 1.165) is 4.68 Å². The average Bonchev–Trinajstić information content (AvgIpc) is 3.03. The van der Waals surface area contributed by atoms with Gasteiger partial charge in [0.1, 0.15) is 0 Å². The second-order valence-electron chi connectivity index (χ2n) is 5.65. The normalized spacial score (nSPS) is 10.9. The monoisotopic (exact) mass is 411 g/mol. The Morgan fingerprint density at radius 2 is 1.72 bits per heavy atom. The third-order valence-electron chi connectivity index (χ3n) is 3.82. The van der Waals surface area contributed by atoms with E-state index >= 15 is 0 Å². The van der Waals surface area contributed by atoms with Crippen LogP contribution in [-0.2, 0) is 0 Å². The standard InChI is InChI=1S/C17H12N6O5S/c18-17(29)22-15(24)14(20-19-11-5-1-10(2-6-11)16(25)26)13(21-22)9-3-7-12(8-4-9)23(27)28/h1-8,21H,(H2,18,29)(H,25,26)/p-1. The number of nitrogens with two attached hydrogens (primary N) is 1. The van der Waals surface area contributed by atoms with Gasteiger partial charge in [-0.25, -0.2) is 0 Å². The van der Waals surface area contributed by atoms with Crippen LogP contribution in [0.2, 0.25) is 0 Å². The van der Waals surface area contributed by atoms with Crippen LogP contribution < -0.4 is 16.4 Å². The first-order chi connectivity index (χ1) is 13.8. The van der Waals surface area contributed by atoms with Gasteiger partial charge in [-0.15, -0.1) is 5.11 Å². The van der Waals surface area contributed by atoms with Crippen molar-refractivity contribution in [3.8, 4) is 11.3 Å². The number of thiocarbonyl (C=S) groups is 1. The first kappa shape index (κ1) is 19.6. The van der Waals surface area contributed by atoms with E-state index in [1.165, 1.54) is 48.5 Å². The summed E-state index contributed by atoms with van der Waals surface area (Å²) in [6.45, 7) is 0. The number of aromatic nitrogens is 2. The quantitative estimate of drug-likeness (QED) is 0.278. The van der Waals surface area contributed by atoms with Crippen LogP contribution in [0.1, 0.15) is 10.4 Å². The van der Waals surface area contributed by atoms with Crippen molar-refractivity contribution in [1.29, 1.82) is 0 Å². The molecule has 0 radical (unpaired) electrons. The summed E-state index contributed by atoms with van der Waals surface area (Å²) in [6, 6.07) is 10.7. The number of aromatic amines is 1. The van der Waals surface area contributed by atoms with E-state index in [4.69, 9.17) is 18.0 Å². The predicted octanol–water partition coefficient (Wildman–Crippen LogP) is 1.62. The summed E-state index contributed by atoms with van der Waals surface area (Å²) in [7, 11) is 0. The Kier molecular flexibility index (Phi) is 5.27. The molecule has 0 amide bonds. The zero-order valence-electron chi connectivity index (χ0n) is 14.4. The van der Waals surface area contributed by atoms with E-state index in [0.29, 0.717) is 5.56 Å². The Morgan fingerprint density at radius 3 is 2.24 bits per heavy atom. The fourth-order valence-corrected chi connectivity index (χ4v) is 2.53. The number of hydrogen-bond acceptors (Lipinski definition) is 8. The lowest BCUT2D eigenvalue weighted by atomic mass is 10.1. The predicted molar refractivity (Wildman–Crippen MR) is 104 cm³/mol. The molecular weight excluding hydrogens is 400 g/mol. The Labute approximate surface area is 167 Å². The van der Waals surface area contributed by atoms with Crippen LogP contribution >= 0.6 is 12.2 Å². The number of azo groups is 1. The lowest BCUT2D eigenvalue weighted by Gasteiger charge is -2.01. The van der Waals surface area contributed by atoms with Crippen LogP contribution in [0.3, 0.4) is 0 Å². The van der Waals surface area contributed by atoms with Crippen molar-refractivity contribution in [2.24, 2.45) is 16.0 Å². The highest BCUT2D eigenvalue weighted by molar-refractivity contribution is 7.80. The molecule has 0 bridgehead atoms. The molecule has 0 aliphatic heterocycles. The molecule has 3 aromatic rings. The summed E-state index contributed by atoms with van der Waals surface area (Å²) in [5, 5.41) is 31.9. The summed E-state index contributed by atoms with van der Waals surface area (Å²) in [5.74, 6) is -1.33. The molecule has 0 saturated carbocycles. The average molecular weight is 411 g/mol. The Hall–Kier alpha value is -4.19. The molecule has 2 aromatic carbocycles. The third-order valence-corrected chi connectivity index (χ3v) is 4.00. The van der Waals surface area contributed by atoms with Crippen LogP contribution in [0, 0.1) is 10.1 Å². The van der Waals surface area contributed by atoms with Gasteiger partial charge in [0.25, 0.3) is 5.69 Å². The Balaban J connectivity index is 2.05. The van der Waals surface area contributed by atoms with Crippen LogP contribution in [-0.4, -0.2) is 25.8 Å². The summed E-state index contributed by atoms with van der Waals surface area (Å²) in [4.78, 5) is 33.6. The zero-order chi connectivity index (χ0) is 21.1. The van der Waals surface area contributed by atoms with Gasteiger partial charge in [0.2, 0.25) is 0 Å². The molecule has 1 heterocycles. The molecule has 0 saturated heterocycles. The van der Waals surface area contributed by atoms with Crippen LogP contribution in [0.15, 0.2) is 63.6 Å². The summed E-state index contributed by atoms with van der Waals surface area (Å²) in [5.41, 5.74) is 5.48. The number of non-ortho nitro benzene ring substituents is 1. The van der Waals surface area contributed by atoms with Gasteiger partial charge in [0.15, 0.2) is 10.8 Å². The number of benzene rings is 2. The van der Waals surface area contributed by atoms with E-state index in [-0.39, 0.29) is 33.4 Å². The van der Waals surface area contributed by atoms with Crippen molar-refractivity contribution >= 4 is 40.4 Å². The van der Waals surface area contributed by atoms with Crippen molar-refractivity contribution in [2.75, 3.05) is 0 Å². The lowest BCUT2D eigenvalue weighted by Crippen LogP contribution is -2.29. The Bertz CT molecular complexity index is 1190. The number of aromatic carboxylic acids is 1. The fourth-order valence-electron chi connectivity index (χ4n) is 2.40. The number of rotatable bonds is 5. The van der Waals surface area contributed by atoms with Crippen LogP contribution in [0.4, 0.5) is 17.1 Å². The molecule has 0 fully saturated rings. The summed E-state index contributed by atoms with van der Waals surface area (Å²) < 4.78 is 0.889. The molecule has 0 unspecified atom stereocenters. The van der Waals surface area contributed by atoms with Gasteiger partial charge in [-0.1, -0.05) is 12.1 Å². The van der Waals surface area contributed by atoms with Crippen molar-refractivity contribution in [1.82, 2.24) is 9.78 Å². The molecule has 11 nitrogen and oxygen atoms in total. The number of nitro benzene ring substituents is 1. The summed E-state index contributed by atoms with van der Waals surface area (Å²) >= 11 is 4.83. The van der Waals surface area contributed by atoms with Crippen molar-refractivity contribution in [3.63, 3.8) is 0 Å². The SMILES string of the molecule is NC(=S)n1[nH]c(-c2ccc([N+](=O)[O-])cc2)c(N=Nc2ccc(C(=O)[O-])cc2)c1=O. The molecule has 12 heteroatoms. The second kappa shape index (κ2) is 7.82. The van der Waals surface area contributed by atoms with Crippen LogP contribution in [0.5, 0.6) is 0 Å². The molecule has 146 valence electrons. The van der Waals surface area contributed by atoms with E-state index in [1.807, 2.05) is 0 Å². The molecule has 0 atom stereocenters. The van der Waals surface area contributed by atoms with Gasteiger partial charge in [0.05, 0.1) is 22.3 Å². The molecule has 3 rings (SSSR count). The highest BCUT2D eigenvalue weighted by Crippen LogP contribution is 2.28. The number of nitro groups is 1. The zero-order valence-corrected chi connectivity index (χ0v) is 15.3. The number of carboxylic acid groups (broad SMARTS) is 1. The van der Waals surface area contributed by atoms with E-state index < -0.39 is 16.5 Å². The number of carboxylic acids is 1. The number of nitrogens with zero attached hydrogens (tertiary/aromatic N) is 4. The van der Waals surface area contributed by atoms with Gasteiger partial charge >= 0.3 is 5.56 Å². The molecule has 0 aliphatic carbocycles. The number of carbonyl (C=O) groups is 1. The van der Waals surface area contributed by atoms with E-state index in [1.54, 1.807) is 0 Å². The molecule has 29 heavy (non-hydrogen) atoms. The first-order valence-corrected chi connectivity index (χ1v) is 8.31. The third kappa shape index (κ3) is 4.06. The minimum Gasteiger partial charge on any atom is -0.545 e. The fraction of sp³-hybridized carbons (Fsp3) is 0. The van der Waals surface area contributed by atoms with Gasteiger partial charge in [-0.05, 0) is 42.0 Å². The highest BCUT2D eigenvalue weighted by atomic mass is 32.1. The molecular formula is C17H11N6O5S-. The number of nitrogens with one attached hydrogen (secondary N) is 1. The topological polar surface area (TPSA) is 172 Å². The van der Waals surface area contributed by atoms with Crippen molar-refractivity contribution in [2.45, 2.75) is 0 Å². The minimum atomic E-state index is -1.33. The maximum atomic E-state index is 12.6. The molecule has 1 aromatic heterocycles. The van der Waals surface area contributed by atoms with Crippen molar-refractivity contribution in [3.05, 3.63) is 74.6 Å². The smallest absolute Gasteiger partial charge is 0.301 e. The second-order valence-corrected chi connectivity index (χ2v) is 6.07. The first-order valence-electron chi connectivity index (χ1n) is 7.90. The molecule has 0 spiro atoms. The number of hydrogen-bond donors (Lipinski definition) is 2. The van der Waals surface area contributed by atoms with Crippen LogP contribution in [0.25, 0.3) is 11.3 Å². The largest absolute Gasteiger partial charge is 0.545 e. The van der Waals surface area contributed by atoms with Crippen molar-refractivity contribution < 1.29 is 14.8 Å². The number of carbonyl (C=O) groups excluding carboxylic acids is 1. The lowest BCUT2D eigenvalue weighted by molar-refractivity contribution is -0.384. The maximum Gasteiger partial charge on any atom is 0.301 e. The number of H-pyrrole nitrogens is 1. The van der Waals surface area contributed by atoms with E-state index in [2.05, 4.69) is 15.3 Å².